The molecule has 2 aromatic carbocycles. The van der Waals surface area contributed by atoms with Crippen LogP contribution < -0.4 is 9.47 Å². The monoisotopic (exact) mass is 271 g/mol. The van der Waals surface area contributed by atoms with Crippen molar-refractivity contribution in [3.8, 4) is 11.5 Å². The number of nitrogens with zero attached hydrogens (tertiary/aromatic N) is 1. The molecule has 1 N–H and O–H groups in total. The molecule has 0 saturated heterocycles. The molecule has 0 spiro atoms. The van der Waals surface area contributed by atoms with Crippen LogP contribution in [0.1, 0.15) is 11.1 Å². The Balaban J connectivity index is 2.24. The smallest absolute Gasteiger partial charge is 0.119 e. The molecule has 0 saturated carbocycles. The van der Waals surface area contributed by atoms with E-state index in [1.165, 1.54) is 0 Å². The molecule has 104 valence electrons. The van der Waals surface area contributed by atoms with E-state index < -0.39 is 0 Å². The van der Waals surface area contributed by atoms with Crippen molar-refractivity contribution in [3.05, 3.63) is 59.7 Å². The lowest BCUT2D eigenvalue weighted by atomic mass is 10.0. The molecule has 4 heteroatoms. The summed E-state index contributed by atoms with van der Waals surface area (Å²) in [6.07, 6.45) is 0.515. The van der Waals surface area contributed by atoms with Gasteiger partial charge in [-0.2, -0.15) is 0 Å². The van der Waals surface area contributed by atoms with Gasteiger partial charge in [-0.3, -0.25) is 0 Å². The summed E-state index contributed by atoms with van der Waals surface area (Å²) in [5.74, 6) is 1.51. The molecular weight excluding hydrogens is 254 g/mol. The molecule has 0 amide bonds. The molecule has 0 aliphatic heterocycles. The predicted molar refractivity (Wildman–Crippen MR) is 78.0 cm³/mol. The first kappa shape index (κ1) is 13.9. The van der Waals surface area contributed by atoms with Gasteiger partial charge in [-0.1, -0.05) is 29.4 Å². The van der Waals surface area contributed by atoms with Gasteiger partial charge in [-0.25, -0.2) is 0 Å². The normalized spacial score (nSPS) is 11.2. The summed E-state index contributed by atoms with van der Waals surface area (Å²) in [6, 6.07) is 15.1. The van der Waals surface area contributed by atoms with Gasteiger partial charge in [0.05, 0.1) is 19.9 Å². The summed E-state index contributed by atoms with van der Waals surface area (Å²) in [5.41, 5.74) is 2.42. The molecule has 0 radical (unpaired) electrons. The maximum absolute atomic E-state index is 9.25. The van der Waals surface area contributed by atoms with E-state index in [9.17, 15) is 5.21 Å². The third kappa shape index (κ3) is 3.29. The lowest BCUT2D eigenvalue weighted by Gasteiger charge is -2.08. The highest BCUT2D eigenvalue weighted by molar-refractivity contribution is 6.01. The van der Waals surface area contributed by atoms with Crippen LogP contribution in [-0.4, -0.2) is 25.1 Å². The van der Waals surface area contributed by atoms with Crippen LogP contribution in [0.2, 0.25) is 0 Å². The lowest BCUT2D eigenvalue weighted by Crippen LogP contribution is -2.06. The molecule has 0 aliphatic carbocycles. The fourth-order valence-corrected chi connectivity index (χ4v) is 1.97. The van der Waals surface area contributed by atoms with Crippen molar-refractivity contribution in [2.45, 2.75) is 6.42 Å². The molecule has 0 aromatic heterocycles. The Morgan fingerprint density at radius 2 is 1.65 bits per heavy atom. The minimum absolute atomic E-state index is 0.515. The van der Waals surface area contributed by atoms with Gasteiger partial charge in [-0.15, -0.1) is 0 Å². The van der Waals surface area contributed by atoms with Crippen LogP contribution in [0.5, 0.6) is 11.5 Å². The van der Waals surface area contributed by atoms with Crippen molar-refractivity contribution in [2.75, 3.05) is 14.2 Å². The van der Waals surface area contributed by atoms with E-state index in [-0.39, 0.29) is 0 Å². The molecule has 4 nitrogen and oxygen atoms in total. The average molecular weight is 271 g/mol. The zero-order chi connectivity index (χ0) is 14.4. The van der Waals surface area contributed by atoms with Crippen molar-refractivity contribution >= 4 is 5.71 Å². The number of hydrogen-bond donors (Lipinski definition) is 1. The maximum atomic E-state index is 9.25. The average Bonchev–Trinajstić information content (AvgIpc) is 2.52. The zero-order valence-electron chi connectivity index (χ0n) is 11.5. The van der Waals surface area contributed by atoms with Crippen LogP contribution in [0.3, 0.4) is 0 Å². The lowest BCUT2D eigenvalue weighted by molar-refractivity contribution is 0.318. The summed E-state index contributed by atoms with van der Waals surface area (Å²) in [6.45, 7) is 0. The second-order valence-corrected chi connectivity index (χ2v) is 4.31. The van der Waals surface area contributed by atoms with Gasteiger partial charge < -0.3 is 14.7 Å². The molecule has 0 heterocycles. The Morgan fingerprint density at radius 3 is 2.30 bits per heavy atom. The van der Waals surface area contributed by atoms with E-state index in [1.54, 1.807) is 14.2 Å². The van der Waals surface area contributed by atoms with E-state index in [4.69, 9.17) is 9.47 Å². The first-order chi connectivity index (χ1) is 9.76. The highest BCUT2D eigenvalue weighted by Gasteiger charge is 2.08. The van der Waals surface area contributed by atoms with Crippen LogP contribution >= 0.6 is 0 Å². The summed E-state index contributed by atoms with van der Waals surface area (Å²) >= 11 is 0. The Kier molecular flexibility index (Phi) is 4.60. The Hall–Kier alpha value is -2.49. The number of benzene rings is 2. The quantitative estimate of drug-likeness (QED) is 0.516. The minimum atomic E-state index is 0.515. The van der Waals surface area contributed by atoms with E-state index in [0.29, 0.717) is 12.1 Å². The fraction of sp³-hybridized carbons (Fsp3) is 0.188. The summed E-state index contributed by atoms with van der Waals surface area (Å²) in [5, 5.41) is 12.7. The van der Waals surface area contributed by atoms with Gasteiger partial charge in [0.2, 0.25) is 0 Å². The molecule has 20 heavy (non-hydrogen) atoms. The van der Waals surface area contributed by atoms with Gasteiger partial charge in [0, 0.05) is 12.0 Å². The van der Waals surface area contributed by atoms with Gasteiger partial charge in [-0.05, 0) is 29.8 Å². The molecule has 2 aromatic rings. The molecule has 0 unspecified atom stereocenters. The minimum Gasteiger partial charge on any atom is -0.497 e. The first-order valence-corrected chi connectivity index (χ1v) is 6.25. The Bertz CT molecular complexity index is 608. The second kappa shape index (κ2) is 6.61. The topological polar surface area (TPSA) is 51.0 Å². The molecule has 0 aliphatic rings. The van der Waals surface area contributed by atoms with Crippen LogP contribution in [0.4, 0.5) is 0 Å². The standard InChI is InChI=1S/C16H17NO3/c1-19-14-7-3-5-12(9-14)10-16(17-18)13-6-4-8-15(11-13)20-2/h3-9,11,18H,10H2,1-2H3/b17-16-. The number of hydrogen-bond acceptors (Lipinski definition) is 4. The molecule has 2 rings (SSSR count). The summed E-state index contributed by atoms with van der Waals surface area (Å²) in [4.78, 5) is 0. The number of rotatable bonds is 5. The Morgan fingerprint density at radius 1 is 1.00 bits per heavy atom. The van der Waals surface area contributed by atoms with Crippen LogP contribution in [0, 0.1) is 0 Å². The van der Waals surface area contributed by atoms with Crippen molar-refractivity contribution in [3.63, 3.8) is 0 Å². The SMILES string of the molecule is COc1cccc(C/C(=N/O)c2cccc(OC)c2)c1. The number of ether oxygens (including phenoxy) is 2. The van der Waals surface area contributed by atoms with Gasteiger partial charge >= 0.3 is 0 Å². The van der Waals surface area contributed by atoms with Crippen LogP contribution in [-0.2, 0) is 6.42 Å². The maximum Gasteiger partial charge on any atom is 0.119 e. The van der Waals surface area contributed by atoms with Crippen LogP contribution in [0.15, 0.2) is 53.7 Å². The number of methoxy groups -OCH3 is 2. The van der Waals surface area contributed by atoms with Gasteiger partial charge in [0.1, 0.15) is 11.5 Å². The molecular formula is C16H17NO3. The third-order valence-electron chi connectivity index (χ3n) is 3.03. The Labute approximate surface area is 118 Å². The van der Waals surface area contributed by atoms with E-state index >= 15 is 0 Å². The highest BCUT2D eigenvalue weighted by atomic mass is 16.5. The fourth-order valence-electron chi connectivity index (χ4n) is 1.97. The second-order valence-electron chi connectivity index (χ2n) is 4.31. The van der Waals surface area contributed by atoms with Gasteiger partial charge in [0.25, 0.3) is 0 Å². The van der Waals surface area contributed by atoms with Crippen molar-refractivity contribution in [2.24, 2.45) is 5.16 Å². The zero-order valence-corrected chi connectivity index (χ0v) is 11.5. The van der Waals surface area contributed by atoms with Crippen molar-refractivity contribution in [1.29, 1.82) is 0 Å². The predicted octanol–water partition coefficient (Wildman–Crippen LogP) is 3.12. The third-order valence-corrected chi connectivity index (χ3v) is 3.03. The van der Waals surface area contributed by atoms with Crippen LogP contribution in [0.25, 0.3) is 0 Å². The highest BCUT2D eigenvalue weighted by Crippen LogP contribution is 2.18. The largest absolute Gasteiger partial charge is 0.497 e. The molecule has 0 atom stereocenters. The number of oxime groups is 1. The van der Waals surface area contributed by atoms with E-state index in [2.05, 4.69) is 5.16 Å². The van der Waals surface area contributed by atoms with Crippen molar-refractivity contribution in [1.82, 2.24) is 0 Å². The molecule has 0 fully saturated rings. The first-order valence-electron chi connectivity index (χ1n) is 6.25. The van der Waals surface area contributed by atoms with E-state index in [0.717, 1.165) is 22.6 Å². The van der Waals surface area contributed by atoms with Crippen molar-refractivity contribution < 1.29 is 14.7 Å². The molecule has 0 bridgehead atoms. The summed E-state index contributed by atoms with van der Waals surface area (Å²) < 4.78 is 10.4. The van der Waals surface area contributed by atoms with Gasteiger partial charge in [0.15, 0.2) is 0 Å². The van der Waals surface area contributed by atoms with E-state index in [1.807, 2.05) is 48.5 Å². The summed E-state index contributed by atoms with van der Waals surface area (Å²) in [7, 11) is 3.24.